The van der Waals surface area contributed by atoms with Gasteiger partial charge in [0, 0.05) is 28.8 Å². The van der Waals surface area contributed by atoms with Crippen molar-refractivity contribution in [2.75, 3.05) is 7.11 Å². The number of esters is 1. The third-order valence-corrected chi connectivity index (χ3v) is 5.25. The minimum Gasteiger partial charge on any atom is -0.463 e. The molecule has 138 valence electrons. The van der Waals surface area contributed by atoms with E-state index in [-0.39, 0.29) is 5.97 Å². The van der Waals surface area contributed by atoms with E-state index in [1.807, 2.05) is 35.0 Å². The van der Waals surface area contributed by atoms with Gasteiger partial charge in [-0.1, -0.05) is 48.5 Å². The summed E-state index contributed by atoms with van der Waals surface area (Å²) in [6, 6.07) is 20.4. The number of aryl methyl sites for hydroxylation is 2. The highest BCUT2D eigenvalue weighted by Gasteiger charge is 2.23. The number of aromatic nitrogens is 3. The second kappa shape index (κ2) is 6.53. The molecule has 0 aliphatic carbocycles. The van der Waals surface area contributed by atoms with Crippen molar-refractivity contribution in [1.82, 2.24) is 9.38 Å². The van der Waals surface area contributed by atoms with Crippen molar-refractivity contribution >= 4 is 33.3 Å². The largest absolute Gasteiger partial charge is 0.463 e. The molecule has 3 aromatic heterocycles. The fourth-order valence-electron chi connectivity index (χ4n) is 3.85. The van der Waals surface area contributed by atoms with Gasteiger partial charge in [0.25, 0.3) is 0 Å². The van der Waals surface area contributed by atoms with E-state index in [0.717, 1.165) is 40.3 Å². The van der Waals surface area contributed by atoms with Crippen LogP contribution in [0.15, 0.2) is 73.2 Å². The highest BCUT2D eigenvalue weighted by atomic mass is 16.5. The molecule has 28 heavy (non-hydrogen) atoms. The van der Waals surface area contributed by atoms with Gasteiger partial charge in [-0.05, 0) is 11.6 Å². The lowest BCUT2D eigenvalue weighted by Crippen LogP contribution is -2.32. The van der Waals surface area contributed by atoms with Gasteiger partial charge >= 0.3 is 5.97 Å². The smallest absolute Gasteiger partial charge is 0.378 e. The number of H-pyrrole nitrogens is 1. The number of rotatable bonds is 4. The molecule has 5 rings (SSSR count). The SMILES string of the molecule is COC(=O)c1cc2c3ccccc3[nH]c2c2c[n+](CCc3ccccc3)cn12. The summed E-state index contributed by atoms with van der Waals surface area (Å²) < 4.78 is 9.08. The van der Waals surface area contributed by atoms with Crippen LogP contribution in [0.25, 0.3) is 27.3 Å². The van der Waals surface area contributed by atoms with Crippen LogP contribution in [0.3, 0.4) is 0 Å². The normalized spacial score (nSPS) is 11.5. The molecule has 5 nitrogen and oxygen atoms in total. The molecule has 5 heteroatoms. The summed E-state index contributed by atoms with van der Waals surface area (Å²) in [6.07, 6.45) is 4.98. The number of fused-ring (bicyclic) bond motifs is 5. The lowest BCUT2D eigenvalue weighted by molar-refractivity contribution is -0.695. The minimum atomic E-state index is -0.344. The minimum absolute atomic E-state index is 0.344. The molecule has 5 aromatic rings. The maximum Gasteiger partial charge on any atom is 0.378 e. The predicted octanol–water partition coefficient (Wildman–Crippen LogP) is 3.89. The number of nitrogens with zero attached hydrogens (tertiary/aromatic N) is 2. The van der Waals surface area contributed by atoms with E-state index < -0.39 is 0 Å². The van der Waals surface area contributed by atoms with E-state index in [0.29, 0.717) is 5.69 Å². The summed E-state index contributed by atoms with van der Waals surface area (Å²) >= 11 is 0. The third-order valence-electron chi connectivity index (χ3n) is 5.25. The Hall–Kier alpha value is -3.60. The number of benzene rings is 2. The Labute approximate surface area is 161 Å². The zero-order valence-electron chi connectivity index (χ0n) is 15.6. The molecule has 0 saturated carbocycles. The molecule has 2 aromatic carbocycles. The van der Waals surface area contributed by atoms with Crippen molar-refractivity contribution in [3.05, 3.63) is 84.4 Å². The highest BCUT2D eigenvalue weighted by molar-refractivity contribution is 6.13. The molecule has 0 unspecified atom stereocenters. The number of hydrogen-bond acceptors (Lipinski definition) is 2. The van der Waals surface area contributed by atoms with Crippen molar-refractivity contribution < 1.29 is 14.1 Å². The Morgan fingerprint density at radius 2 is 1.86 bits per heavy atom. The molecule has 0 bridgehead atoms. The molecule has 0 radical (unpaired) electrons. The quantitative estimate of drug-likeness (QED) is 0.385. The average molecular weight is 370 g/mol. The lowest BCUT2D eigenvalue weighted by atomic mass is 10.1. The summed E-state index contributed by atoms with van der Waals surface area (Å²) in [7, 11) is 1.42. The molecule has 3 heterocycles. The molecule has 0 fully saturated rings. The van der Waals surface area contributed by atoms with Gasteiger partial charge in [0.1, 0.15) is 6.20 Å². The van der Waals surface area contributed by atoms with Crippen LogP contribution >= 0.6 is 0 Å². The topological polar surface area (TPSA) is 50.4 Å². The first-order valence-electron chi connectivity index (χ1n) is 9.31. The number of aromatic amines is 1. The van der Waals surface area contributed by atoms with E-state index >= 15 is 0 Å². The first-order valence-corrected chi connectivity index (χ1v) is 9.31. The van der Waals surface area contributed by atoms with Gasteiger partial charge in [-0.3, -0.25) is 0 Å². The number of methoxy groups -OCH3 is 1. The standard InChI is InChI=1S/C23H19N3O2/c1-28-23(27)20-13-18-17-9-5-6-10-19(17)24-22(18)21-14-25(15-26(20)21)12-11-16-7-3-2-4-8-16/h2-10,13-15H,11-12H2,1H3/p+1. The van der Waals surface area contributed by atoms with E-state index in [9.17, 15) is 4.79 Å². The number of nitrogens with one attached hydrogen (secondary N) is 1. The fraction of sp³-hybridized carbons (Fsp3) is 0.130. The van der Waals surface area contributed by atoms with Crippen LogP contribution in [0.1, 0.15) is 16.1 Å². The summed E-state index contributed by atoms with van der Waals surface area (Å²) in [4.78, 5) is 16.0. The molecule has 0 spiro atoms. The number of para-hydroxylation sites is 1. The van der Waals surface area contributed by atoms with Gasteiger partial charge in [-0.2, -0.15) is 4.40 Å². The monoisotopic (exact) mass is 370 g/mol. The Morgan fingerprint density at radius 1 is 1.07 bits per heavy atom. The number of imidazole rings is 1. The summed E-state index contributed by atoms with van der Waals surface area (Å²) in [5.41, 5.74) is 4.84. The van der Waals surface area contributed by atoms with Crippen molar-refractivity contribution in [3.8, 4) is 0 Å². The predicted molar refractivity (Wildman–Crippen MR) is 108 cm³/mol. The van der Waals surface area contributed by atoms with Gasteiger partial charge in [0.05, 0.1) is 19.2 Å². The molecule has 1 N–H and O–H groups in total. The number of carbonyl (C=O) groups excluding carboxylic acids is 1. The number of ether oxygens (including phenoxy) is 1. The molecular weight excluding hydrogens is 350 g/mol. The van der Waals surface area contributed by atoms with Gasteiger partial charge in [-0.15, -0.1) is 0 Å². The molecule has 0 saturated heterocycles. The first kappa shape index (κ1) is 16.6. The third kappa shape index (κ3) is 2.63. The zero-order valence-corrected chi connectivity index (χ0v) is 15.6. The number of pyridine rings is 1. The Balaban J connectivity index is 1.68. The number of hydrogen-bond donors (Lipinski definition) is 1. The van der Waals surface area contributed by atoms with E-state index in [4.69, 9.17) is 4.74 Å². The van der Waals surface area contributed by atoms with Crippen LogP contribution in [0.5, 0.6) is 0 Å². The van der Waals surface area contributed by atoms with Crippen LogP contribution in [-0.4, -0.2) is 22.5 Å². The Morgan fingerprint density at radius 3 is 2.68 bits per heavy atom. The van der Waals surface area contributed by atoms with E-state index in [2.05, 4.69) is 52.1 Å². The van der Waals surface area contributed by atoms with Crippen molar-refractivity contribution in [3.63, 3.8) is 0 Å². The van der Waals surface area contributed by atoms with Crippen LogP contribution in [-0.2, 0) is 17.7 Å². The second-order valence-electron chi connectivity index (χ2n) is 6.95. The second-order valence-corrected chi connectivity index (χ2v) is 6.95. The Kier molecular flexibility index (Phi) is 3.86. The maximum atomic E-state index is 12.5. The van der Waals surface area contributed by atoms with Gasteiger partial charge < -0.3 is 9.72 Å². The summed E-state index contributed by atoms with van der Waals surface area (Å²) in [6.45, 7) is 0.827. The van der Waals surface area contributed by atoms with Gasteiger partial charge in [-0.25, -0.2) is 9.36 Å². The van der Waals surface area contributed by atoms with Crippen molar-refractivity contribution in [2.45, 2.75) is 13.0 Å². The highest BCUT2D eigenvalue weighted by Crippen LogP contribution is 2.29. The van der Waals surface area contributed by atoms with Crippen LogP contribution in [0, 0.1) is 0 Å². The van der Waals surface area contributed by atoms with Gasteiger partial charge in [0.15, 0.2) is 5.52 Å². The summed E-state index contributed by atoms with van der Waals surface area (Å²) in [5.74, 6) is -0.344. The maximum absolute atomic E-state index is 12.5. The molecular formula is C23H20N3O2+. The van der Waals surface area contributed by atoms with Crippen molar-refractivity contribution in [2.24, 2.45) is 0 Å². The van der Waals surface area contributed by atoms with Crippen LogP contribution in [0.2, 0.25) is 0 Å². The first-order chi connectivity index (χ1) is 13.7. The van der Waals surface area contributed by atoms with Gasteiger partial charge in [0.2, 0.25) is 12.0 Å². The van der Waals surface area contributed by atoms with Crippen molar-refractivity contribution in [1.29, 1.82) is 0 Å². The lowest BCUT2D eigenvalue weighted by Gasteiger charge is -2.00. The molecule has 0 aliphatic heterocycles. The number of carbonyl (C=O) groups is 1. The molecule has 0 amide bonds. The van der Waals surface area contributed by atoms with Crippen LogP contribution in [0.4, 0.5) is 0 Å². The average Bonchev–Trinajstić information content (AvgIpc) is 3.33. The Bertz CT molecular complexity index is 1320. The fourth-order valence-corrected chi connectivity index (χ4v) is 3.85. The zero-order chi connectivity index (χ0) is 19.1. The van der Waals surface area contributed by atoms with Crippen LogP contribution < -0.4 is 4.57 Å². The molecule has 0 atom stereocenters. The van der Waals surface area contributed by atoms with E-state index in [1.165, 1.54) is 12.7 Å². The summed E-state index contributed by atoms with van der Waals surface area (Å²) in [5, 5.41) is 2.12. The van der Waals surface area contributed by atoms with E-state index in [1.54, 1.807) is 0 Å². The molecule has 0 aliphatic rings.